The Labute approximate surface area is 125 Å². The van der Waals surface area contributed by atoms with E-state index in [0.717, 1.165) is 17.8 Å². The Kier molecular flexibility index (Phi) is 4.87. The minimum atomic E-state index is 0.607. The van der Waals surface area contributed by atoms with Gasteiger partial charge in [0.25, 0.3) is 0 Å². The van der Waals surface area contributed by atoms with E-state index in [0.29, 0.717) is 17.2 Å². The van der Waals surface area contributed by atoms with Crippen molar-refractivity contribution < 1.29 is 14.2 Å². The highest BCUT2D eigenvalue weighted by Crippen LogP contribution is 2.38. The first-order valence-electron chi connectivity index (χ1n) is 6.59. The van der Waals surface area contributed by atoms with Crippen LogP contribution in [0.5, 0.6) is 17.2 Å². The number of anilines is 1. The molecule has 1 aromatic heterocycles. The van der Waals surface area contributed by atoms with Crippen molar-refractivity contribution in [3.05, 3.63) is 42.2 Å². The predicted octanol–water partition coefficient (Wildman–Crippen LogP) is 2.74. The van der Waals surface area contributed by atoms with E-state index >= 15 is 0 Å². The van der Waals surface area contributed by atoms with Crippen LogP contribution in [0, 0.1) is 0 Å². The molecule has 0 saturated heterocycles. The van der Waals surface area contributed by atoms with Gasteiger partial charge >= 0.3 is 0 Å². The number of pyridine rings is 1. The van der Waals surface area contributed by atoms with Crippen LogP contribution in [0.3, 0.4) is 0 Å². The molecule has 21 heavy (non-hydrogen) atoms. The van der Waals surface area contributed by atoms with Crippen LogP contribution in [0.15, 0.2) is 36.7 Å². The minimum absolute atomic E-state index is 0.607. The number of methoxy groups -OCH3 is 3. The van der Waals surface area contributed by atoms with Crippen molar-refractivity contribution in [2.24, 2.45) is 0 Å². The van der Waals surface area contributed by atoms with E-state index < -0.39 is 0 Å². The summed E-state index contributed by atoms with van der Waals surface area (Å²) in [5, 5.41) is 0. The Balaban J connectivity index is 2.28. The lowest BCUT2D eigenvalue weighted by molar-refractivity contribution is 0.324. The summed E-state index contributed by atoms with van der Waals surface area (Å²) in [6.45, 7) is 0.723. The van der Waals surface area contributed by atoms with Gasteiger partial charge in [-0.05, 0) is 29.8 Å². The fourth-order valence-electron chi connectivity index (χ4n) is 2.19. The lowest BCUT2D eigenvalue weighted by Gasteiger charge is -2.21. The number of hydrogen-bond acceptors (Lipinski definition) is 5. The highest BCUT2D eigenvalue weighted by molar-refractivity contribution is 5.55. The summed E-state index contributed by atoms with van der Waals surface area (Å²) >= 11 is 0. The van der Waals surface area contributed by atoms with Gasteiger partial charge in [-0.25, -0.2) is 0 Å². The molecule has 0 aliphatic carbocycles. The third-order valence-electron chi connectivity index (χ3n) is 3.25. The second-order valence-electron chi connectivity index (χ2n) is 4.60. The fourth-order valence-corrected chi connectivity index (χ4v) is 2.19. The van der Waals surface area contributed by atoms with E-state index in [2.05, 4.69) is 9.88 Å². The number of hydrogen-bond donors (Lipinski definition) is 0. The predicted molar refractivity (Wildman–Crippen MR) is 82.4 cm³/mol. The van der Waals surface area contributed by atoms with Crippen LogP contribution >= 0.6 is 0 Å². The molecule has 112 valence electrons. The number of ether oxygens (including phenoxy) is 3. The number of benzene rings is 1. The smallest absolute Gasteiger partial charge is 0.203 e. The normalized spacial score (nSPS) is 10.1. The summed E-state index contributed by atoms with van der Waals surface area (Å²) in [6.07, 6.45) is 3.56. The first-order chi connectivity index (χ1) is 10.2. The molecule has 0 saturated carbocycles. The van der Waals surface area contributed by atoms with Gasteiger partial charge in [0.1, 0.15) is 0 Å². The Morgan fingerprint density at radius 2 is 1.52 bits per heavy atom. The largest absolute Gasteiger partial charge is 0.493 e. The fraction of sp³-hybridized carbons (Fsp3) is 0.312. The maximum atomic E-state index is 5.37. The van der Waals surface area contributed by atoms with Crippen molar-refractivity contribution in [2.75, 3.05) is 33.3 Å². The molecule has 1 aromatic carbocycles. The van der Waals surface area contributed by atoms with Crippen molar-refractivity contribution in [2.45, 2.75) is 6.54 Å². The maximum absolute atomic E-state index is 5.37. The van der Waals surface area contributed by atoms with Gasteiger partial charge in [0, 0.05) is 31.7 Å². The summed E-state index contributed by atoms with van der Waals surface area (Å²) in [6, 6.07) is 7.86. The van der Waals surface area contributed by atoms with Gasteiger partial charge in [-0.3, -0.25) is 4.98 Å². The molecule has 5 nitrogen and oxygen atoms in total. The van der Waals surface area contributed by atoms with Crippen LogP contribution in [0.25, 0.3) is 0 Å². The molecule has 0 aliphatic heterocycles. The number of aromatic nitrogens is 1. The monoisotopic (exact) mass is 288 g/mol. The van der Waals surface area contributed by atoms with Crippen molar-refractivity contribution in [1.29, 1.82) is 0 Å². The second kappa shape index (κ2) is 6.83. The van der Waals surface area contributed by atoms with Gasteiger partial charge < -0.3 is 19.1 Å². The van der Waals surface area contributed by atoms with E-state index in [4.69, 9.17) is 14.2 Å². The summed E-state index contributed by atoms with van der Waals surface area (Å²) in [4.78, 5) is 6.16. The SMILES string of the molecule is COc1cc(CN(C)c2ccncc2)cc(OC)c1OC. The molecule has 0 unspecified atom stereocenters. The van der Waals surface area contributed by atoms with Crippen molar-refractivity contribution in [1.82, 2.24) is 4.98 Å². The lowest BCUT2D eigenvalue weighted by Crippen LogP contribution is -2.16. The van der Waals surface area contributed by atoms with E-state index in [9.17, 15) is 0 Å². The van der Waals surface area contributed by atoms with Gasteiger partial charge in [-0.2, -0.15) is 0 Å². The highest BCUT2D eigenvalue weighted by atomic mass is 16.5. The molecule has 2 rings (SSSR count). The quantitative estimate of drug-likeness (QED) is 0.817. The molecule has 2 aromatic rings. The zero-order valence-corrected chi connectivity index (χ0v) is 12.8. The van der Waals surface area contributed by atoms with Crippen LogP contribution in [0.4, 0.5) is 5.69 Å². The van der Waals surface area contributed by atoms with Crippen molar-refractivity contribution in [3.63, 3.8) is 0 Å². The van der Waals surface area contributed by atoms with Gasteiger partial charge in [-0.1, -0.05) is 0 Å². The molecule has 1 heterocycles. The summed E-state index contributed by atoms with van der Waals surface area (Å²) in [5.74, 6) is 1.93. The van der Waals surface area contributed by atoms with Crippen LogP contribution in [-0.4, -0.2) is 33.4 Å². The average Bonchev–Trinajstić information content (AvgIpc) is 2.54. The first kappa shape index (κ1) is 15.0. The van der Waals surface area contributed by atoms with Crippen molar-refractivity contribution >= 4 is 5.69 Å². The zero-order valence-electron chi connectivity index (χ0n) is 12.8. The van der Waals surface area contributed by atoms with Gasteiger partial charge in [0.05, 0.1) is 21.3 Å². The van der Waals surface area contributed by atoms with Crippen LogP contribution in [0.2, 0.25) is 0 Å². The number of rotatable bonds is 6. The summed E-state index contributed by atoms with van der Waals surface area (Å²) in [7, 11) is 6.86. The highest BCUT2D eigenvalue weighted by Gasteiger charge is 2.14. The first-order valence-corrected chi connectivity index (χ1v) is 6.59. The zero-order chi connectivity index (χ0) is 15.2. The molecule has 0 atom stereocenters. The molecule has 0 fully saturated rings. The van der Waals surface area contributed by atoms with Crippen LogP contribution in [-0.2, 0) is 6.54 Å². The van der Waals surface area contributed by atoms with E-state index in [1.807, 2.05) is 31.3 Å². The number of nitrogens with zero attached hydrogens (tertiary/aromatic N) is 2. The Hall–Kier alpha value is -2.43. The molecule has 0 N–H and O–H groups in total. The summed E-state index contributed by atoms with van der Waals surface area (Å²) in [5.41, 5.74) is 2.17. The molecule has 0 amide bonds. The van der Waals surface area contributed by atoms with Gasteiger partial charge in [0.2, 0.25) is 5.75 Å². The topological polar surface area (TPSA) is 43.8 Å². The van der Waals surface area contributed by atoms with Gasteiger partial charge in [-0.15, -0.1) is 0 Å². The molecule has 0 aliphatic rings. The van der Waals surface area contributed by atoms with Crippen LogP contribution < -0.4 is 19.1 Å². The van der Waals surface area contributed by atoms with Crippen LogP contribution in [0.1, 0.15) is 5.56 Å². The van der Waals surface area contributed by atoms with E-state index in [1.165, 1.54) is 0 Å². The molecule has 0 radical (unpaired) electrons. The Morgan fingerprint density at radius 3 is 2.00 bits per heavy atom. The average molecular weight is 288 g/mol. The third-order valence-corrected chi connectivity index (χ3v) is 3.25. The summed E-state index contributed by atoms with van der Waals surface area (Å²) < 4.78 is 16.1. The lowest BCUT2D eigenvalue weighted by atomic mass is 10.1. The second-order valence-corrected chi connectivity index (χ2v) is 4.60. The Morgan fingerprint density at radius 1 is 0.952 bits per heavy atom. The maximum Gasteiger partial charge on any atom is 0.203 e. The molecule has 0 spiro atoms. The standard InChI is InChI=1S/C16H20N2O3/c1-18(13-5-7-17-8-6-13)11-12-9-14(19-2)16(21-4)15(10-12)20-3/h5-10H,11H2,1-4H3. The Bertz CT molecular complexity index is 562. The molecule has 0 bridgehead atoms. The third kappa shape index (κ3) is 3.37. The molecular weight excluding hydrogens is 268 g/mol. The van der Waals surface area contributed by atoms with Gasteiger partial charge in [0.15, 0.2) is 11.5 Å². The molecular formula is C16H20N2O3. The van der Waals surface area contributed by atoms with E-state index in [1.54, 1.807) is 33.7 Å². The molecule has 5 heteroatoms. The minimum Gasteiger partial charge on any atom is -0.493 e. The van der Waals surface area contributed by atoms with E-state index in [-0.39, 0.29) is 0 Å². The van der Waals surface area contributed by atoms with Crippen molar-refractivity contribution in [3.8, 4) is 17.2 Å².